The maximum Gasteiger partial charge on any atom is 0.271 e. The molecule has 1 aliphatic heterocycles. The summed E-state index contributed by atoms with van der Waals surface area (Å²) in [6, 6.07) is 26.4. The average molecular weight is 694 g/mol. The molecular weight excluding hydrogens is 667 g/mol. The van der Waals surface area contributed by atoms with Gasteiger partial charge in [-0.25, -0.2) is 9.38 Å². The Kier molecular flexibility index (Phi) is 9.42. The molecule has 1 heterocycles. The average Bonchev–Trinajstić information content (AvgIpc) is 3.27. The van der Waals surface area contributed by atoms with Gasteiger partial charge in [0.25, 0.3) is 5.91 Å². The molecule has 1 fully saturated rings. The highest BCUT2D eigenvalue weighted by atomic mass is 79.9. The van der Waals surface area contributed by atoms with Crippen LogP contribution in [-0.4, -0.2) is 11.1 Å². The smallest absolute Gasteiger partial charge is 0.271 e. The number of rotatable bonds is 8. The van der Waals surface area contributed by atoms with E-state index in [0.29, 0.717) is 30.3 Å². The topological polar surface area (TPSA) is 41.9 Å². The lowest BCUT2D eigenvalue weighted by molar-refractivity contribution is -0.113. The van der Waals surface area contributed by atoms with Gasteiger partial charge in [-0.1, -0.05) is 56.3 Å². The van der Waals surface area contributed by atoms with Crippen LogP contribution in [0.5, 0.6) is 5.75 Å². The Labute approximate surface area is 260 Å². The van der Waals surface area contributed by atoms with Crippen LogP contribution in [0.25, 0.3) is 6.08 Å². The van der Waals surface area contributed by atoms with Gasteiger partial charge in [-0.05, 0) is 122 Å². The van der Waals surface area contributed by atoms with Gasteiger partial charge in [0, 0.05) is 5.56 Å². The Hall–Kier alpha value is -3.20. The van der Waals surface area contributed by atoms with E-state index in [2.05, 4.69) is 57.8 Å². The third-order valence-corrected chi connectivity index (χ3v) is 8.77. The van der Waals surface area contributed by atoms with E-state index in [1.54, 1.807) is 23.1 Å². The van der Waals surface area contributed by atoms with Gasteiger partial charge in [-0.15, -0.1) is 0 Å². The Morgan fingerprint density at radius 2 is 1.51 bits per heavy atom. The molecule has 1 saturated heterocycles. The second kappa shape index (κ2) is 13.2. The van der Waals surface area contributed by atoms with E-state index in [1.807, 2.05) is 54.6 Å². The van der Waals surface area contributed by atoms with Crippen molar-refractivity contribution in [2.24, 2.45) is 4.99 Å². The first-order valence-electron chi connectivity index (χ1n) is 13.2. The molecule has 0 atom stereocenters. The number of amidine groups is 1. The summed E-state index contributed by atoms with van der Waals surface area (Å²) >= 11 is 8.50. The van der Waals surface area contributed by atoms with E-state index in [0.717, 1.165) is 29.8 Å². The van der Waals surface area contributed by atoms with Gasteiger partial charge < -0.3 is 4.74 Å². The predicted octanol–water partition coefficient (Wildman–Crippen LogP) is 9.86. The molecule has 1 amide bonds. The van der Waals surface area contributed by atoms with E-state index in [1.165, 1.54) is 29.0 Å². The van der Waals surface area contributed by atoms with Gasteiger partial charge in [-0.2, -0.15) is 0 Å². The number of aliphatic imine (C=N–C) groups is 1. The molecule has 0 saturated carbocycles. The van der Waals surface area contributed by atoms with Gasteiger partial charge in [0.05, 0.1) is 25.2 Å². The van der Waals surface area contributed by atoms with E-state index >= 15 is 0 Å². The molecule has 5 rings (SSSR count). The summed E-state index contributed by atoms with van der Waals surface area (Å²) in [6.45, 7) is 4.30. The van der Waals surface area contributed by atoms with Crippen molar-refractivity contribution >= 4 is 72.1 Å². The van der Waals surface area contributed by atoms with Crippen molar-refractivity contribution in [1.82, 2.24) is 0 Å². The maximum atomic E-state index is 14.1. The lowest BCUT2D eigenvalue weighted by atomic mass is 10.1. The lowest BCUT2D eigenvalue weighted by Crippen LogP contribution is -2.28. The lowest BCUT2D eigenvalue weighted by Gasteiger charge is -2.16. The molecule has 0 spiro atoms. The monoisotopic (exact) mass is 692 g/mol. The third-order valence-electron chi connectivity index (χ3n) is 6.63. The number of hydrogen-bond donors (Lipinski definition) is 0. The Morgan fingerprint density at radius 1 is 0.902 bits per heavy atom. The van der Waals surface area contributed by atoms with Crippen LogP contribution in [0, 0.1) is 5.82 Å². The summed E-state index contributed by atoms with van der Waals surface area (Å²) in [5, 5.41) is 0.595. The molecule has 4 aromatic rings. The molecule has 0 aliphatic carbocycles. The quantitative estimate of drug-likeness (QED) is 0.173. The highest BCUT2D eigenvalue weighted by molar-refractivity contribution is 9.11. The summed E-state index contributed by atoms with van der Waals surface area (Å²) < 4.78 is 21.3. The van der Waals surface area contributed by atoms with E-state index in [9.17, 15) is 9.18 Å². The summed E-state index contributed by atoms with van der Waals surface area (Å²) in [5.74, 6) is 0.0945. The fourth-order valence-electron chi connectivity index (χ4n) is 4.29. The molecule has 0 bridgehead atoms. The summed E-state index contributed by atoms with van der Waals surface area (Å²) in [5.41, 5.74) is 5.25. The Balaban J connectivity index is 1.45. The molecular formula is C33H27Br2FN2O2S. The predicted molar refractivity (Wildman–Crippen MR) is 174 cm³/mol. The van der Waals surface area contributed by atoms with Crippen LogP contribution in [0.3, 0.4) is 0 Å². The van der Waals surface area contributed by atoms with Crippen molar-refractivity contribution < 1.29 is 13.9 Å². The van der Waals surface area contributed by atoms with Gasteiger partial charge in [0.1, 0.15) is 18.2 Å². The zero-order valence-corrected chi connectivity index (χ0v) is 26.5. The van der Waals surface area contributed by atoms with Gasteiger partial charge in [0.2, 0.25) is 0 Å². The SMILES string of the molecule is CCc1ccc(N=C2S/C(=C\c3cc(Br)c(OCc4ccccc4F)c(Br)c3)C(=O)N2c2ccc(CC)cc2)cc1. The normalized spacial score (nSPS) is 15.2. The fourth-order valence-corrected chi connectivity index (χ4v) is 6.74. The van der Waals surface area contributed by atoms with Gasteiger partial charge in [-0.3, -0.25) is 9.69 Å². The second-order valence-electron chi connectivity index (χ2n) is 9.38. The zero-order chi connectivity index (χ0) is 28.9. The first-order chi connectivity index (χ1) is 19.9. The molecule has 41 heavy (non-hydrogen) atoms. The molecule has 4 nitrogen and oxygen atoms in total. The third kappa shape index (κ3) is 6.83. The van der Waals surface area contributed by atoms with Crippen LogP contribution in [0.15, 0.2) is 104 Å². The highest BCUT2D eigenvalue weighted by Crippen LogP contribution is 2.40. The van der Waals surface area contributed by atoms with Crippen molar-refractivity contribution in [3.63, 3.8) is 0 Å². The molecule has 0 aromatic heterocycles. The van der Waals surface area contributed by atoms with E-state index in [-0.39, 0.29) is 18.3 Å². The van der Waals surface area contributed by atoms with Crippen LogP contribution in [-0.2, 0) is 24.2 Å². The van der Waals surface area contributed by atoms with Gasteiger partial charge in [0.15, 0.2) is 5.17 Å². The number of carbonyl (C=O) groups excluding carboxylic acids is 1. The van der Waals surface area contributed by atoms with Gasteiger partial charge >= 0.3 is 0 Å². The van der Waals surface area contributed by atoms with Crippen molar-refractivity contribution in [2.45, 2.75) is 33.3 Å². The largest absolute Gasteiger partial charge is 0.486 e. The van der Waals surface area contributed by atoms with Crippen molar-refractivity contribution in [1.29, 1.82) is 0 Å². The summed E-state index contributed by atoms with van der Waals surface area (Å²) in [6.07, 6.45) is 3.72. The van der Waals surface area contributed by atoms with Crippen LogP contribution < -0.4 is 9.64 Å². The maximum absolute atomic E-state index is 14.1. The zero-order valence-electron chi connectivity index (χ0n) is 22.5. The minimum atomic E-state index is -0.314. The summed E-state index contributed by atoms with van der Waals surface area (Å²) in [7, 11) is 0. The number of thioether (sulfide) groups is 1. The second-order valence-corrected chi connectivity index (χ2v) is 12.1. The number of aryl methyl sites for hydroxylation is 2. The summed E-state index contributed by atoms with van der Waals surface area (Å²) in [4.78, 5) is 20.8. The number of benzene rings is 4. The standard InChI is InChI=1S/C33H27Br2FN2O2S/c1-3-21-9-13-25(14-10-21)37-33-38(26-15-11-22(4-2)12-16-26)32(39)30(41-33)19-23-17-27(34)31(28(35)18-23)40-20-24-7-5-6-8-29(24)36/h5-19H,3-4,20H2,1-2H3/b30-19-,37-33?. The van der Waals surface area contributed by atoms with Crippen LogP contribution in [0.4, 0.5) is 15.8 Å². The number of carbonyl (C=O) groups is 1. The number of ether oxygens (including phenoxy) is 1. The minimum absolute atomic E-state index is 0.0868. The van der Waals surface area contributed by atoms with Crippen molar-refractivity contribution in [3.05, 3.63) is 127 Å². The molecule has 208 valence electrons. The Morgan fingerprint density at radius 3 is 2.12 bits per heavy atom. The molecule has 8 heteroatoms. The van der Waals surface area contributed by atoms with Crippen LogP contribution in [0.2, 0.25) is 0 Å². The molecule has 4 aromatic carbocycles. The van der Waals surface area contributed by atoms with Crippen molar-refractivity contribution in [2.75, 3.05) is 4.90 Å². The number of amides is 1. The molecule has 0 N–H and O–H groups in total. The van der Waals surface area contributed by atoms with E-state index in [4.69, 9.17) is 9.73 Å². The minimum Gasteiger partial charge on any atom is -0.486 e. The van der Waals surface area contributed by atoms with Crippen LogP contribution in [0.1, 0.15) is 36.1 Å². The Bertz CT molecular complexity index is 1610. The molecule has 0 radical (unpaired) electrons. The first kappa shape index (κ1) is 29.3. The molecule has 0 unspecified atom stereocenters. The first-order valence-corrected chi connectivity index (χ1v) is 15.6. The number of hydrogen-bond acceptors (Lipinski definition) is 4. The number of nitrogens with zero attached hydrogens (tertiary/aromatic N) is 2. The highest BCUT2D eigenvalue weighted by Gasteiger charge is 2.35. The van der Waals surface area contributed by atoms with E-state index < -0.39 is 0 Å². The van der Waals surface area contributed by atoms with Crippen molar-refractivity contribution in [3.8, 4) is 5.75 Å². The number of anilines is 1. The fraction of sp³-hybridized carbons (Fsp3) is 0.152. The van der Waals surface area contributed by atoms with Crippen LogP contribution >= 0.6 is 43.6 Å². The number of halogens is 3. The molecule has 1 aliphatic rings.